The zero-order valence-corrected chi connectivity index (χ0v) is 12.4. The van der Waals surface area contributed by atoms with Crippen molar-refractivity contribution in [3.05, 3.63) is 30.1 Å². The van der Waals surface area contributed by atoms with E-state index in [0.29, 0.717) is 18.1 Å². The van der Waals surface area contributed by atoms with Gasteiger partial charge in [-0.3, -0.25) is 4.79 Å². The lowest BCUT2D eigenvalue weighted by molar-refractivity contribution is -0.120. The van der Waals surface area contributed by atoms with E-state index >= 15 is 0 Å². The quantitative estimate of drug-likeness (QED) is 0.859. The van der Waals surface area contributed by atoms with Crippen LogP contribution in [-0.4, -0.2) is 32.7 Å². The molecular formula is C14H20N6O. The molecule has 0 bridgehead atoms. The summed E-state index contributed by atoms with van der Waals surface area (Å²) in [5.41, 5.74) is 7.16. The highest BCUT2D eigenvalue weighted by Gasteiger charge is 2.20. The Kier molecular flexibility index (Phi) is 4.64. The van der Waals surface area contributed by atoms with Gasteiger partial charge in [0.2, 0.25) is 5.91 Å². The highest BCUT2D eigenvalue weighted by atomic mass is 16.1. The fraction of sp³-hybridized carbons (Fsp3) is 0.429. The summed E-state index contributed by atoms with van der Waals surface area (Å²) in [4.78, 5) is 12.2. The molecule has 112 valence electrons. The number of aromatic nitrogens is 4. The maximum Gasteiger partial charge on any atom is 0.229 e. The first-order chi connectivity index (χ1) is 10.0. The van der Waals surface area contributed by atoms with E-state index < -0.39 is 0 Å². The smallest absolute Gasteiger partial charge is 0.229 e. The van der Waals surface area contributed by atoms with Gasteiger partial charge in [-0.1, -0.05) is 19.9 Å². The van der Waals surface area contributed by atoms with Crippen molar-refractivity contribution >= 4 is 11.6 Å². The van der Waals surface area contributed by atoms with Crippen LogP contribution in [0.5, 0.6) is 0 Å². The van der Waals surface area contributed by atoms with E-state index in [1.807, 2.05) is 45.0 Å². The van der Waals surface area contributed by atoms with Crippen molar-refractivity contribution in [1.29, 1.82) is 0 Å². The van der Waals surface area contributed by atoms with Gasteiger partial charge in [-0.15, -0.1) is 5.10 Å². The van der Waals surface area contributed by atoms with Crippen LogP contribution in [0.25, 0.3) is 5.69 Å². The number of aryl methyl sites for hydroxylation is 1. The molecule has 0 aliphatic rings. The lowest BCUT2D eigenvalue weighted by Gasteiger charge is -2.18. The van der Waals surface area contributed by atoms with Gasteiger partial charge < -0.3 is 11.1 Å². The Morgan fingerprint density at radius 1 is 1.43 bits per heavy atom. The van der Waals surface area contributed by atoms with Crippen molar-refractivity contribution in [3.8, 4) is 5.69 Å². The van der Waals surface area contributed by atoms with Gasteiger partial charge in [0.15, 0.2) is 5.82 Å². The number of hydrogen-bond acceptors (Lipinski definition) is 5. The van der Waals surface area contributed by atoms with E-state index in [2.05, 4.69) is 20.8 Å². The number of nitrogens with two attached hydrogens (primary N) is 1. The van der Waals surface area contributed by atoms with Gasteiger partial charge in [0.05, 0.1) is 11.6 Å². The molecule has 0 saturated carbocycles. The van der Waals surface area contributed by atoms with Crippen LogP contribution in [0, 0.1) is 18.8 Å². The second kappa shape index (κ2) is 6.45. The number of anilines is 1. The number of carbonyl (C=O) groups excluding carboxylic acids is 1. The van der Waals surface area contributed by atoms with Gasteiger partial charge in [0.25, 0.3) is 0 Å². The number of amides is 1. The average Bonchev–Trinajstić information content (AvgIpc) is 2.85. The van der Waals surface area contributed by atoms with Crippen LogP contribution in [0.4, 0.5) is 5.69 Å². The zero-order valence-electron chi connectivity index (χ0n) is 12.4. The number of rotatable bonds is 5. The fourth-order valence-corrected chi connectivity index (χ4v) is 2.10. The first kappa shape index (κ1) is 15.1. The van der Waals surface area contributed by atoms with E-state index in [0.717, 1.165) is 5.69 Å². The molecular weight excluding hydrogens is 268 g/mol. The summed E-state index contributed by atoms with van der Waals surface area (Å²) in [6.45, 7) is 6.11. The van der Waals surface area contributed by atoms with Crippen LogP contribution in [0.15, 0.2) is 24.3 Å². The van der Waals surface area contributed by atoms with E-state index in [9.17, 15) is 4.79 Å². The third-order valence-electron chi connectivity index (χ3n) is 3.38. The van der Waals surface area contributed by atoms with Crippen molar-refractivity contribution in [3.63, 3.8) is 0 Å². The highest BCUT2D eigenvalue weighted by molar-refractivity contribution is 5.93. The summed E-state index contributed by atoms with van der Waals surface area (Å²) in [5.74, 6) is 0.599. The molecule has 21 heavy (non-hydrogen) atoms. The molecule has 2 rings (SSSR count). The molecule has 1 aromatic carbocycles. The van der Waals surface area contributed by atoms with Crippen LogP contribution < -0.4 is 11.1 Å². The van der Waals surface area contributed by atoms with Crippen LogP contribution in [0.1, 0.15) is 19.7 Å². The second-order valence-electron chi connectivity index (χ2n) is 5.26. The van der Waals surface area contributed by atoms with E-state index in [-0.39, 0.29) is 17.7 Å². The summed E-state index contributed by atoms with van der Waals surface area (Å²) in [6, 6.07) is 7.38. The molecule has 7 nitrogen and oxygen atoms in total. The standard InChI is InChI=1S/C14H20N6O/c1-9(2)13(8-15)14(21)16-11-5-4-6-12(7-11)20-10(3)17-18-19-20/h4-7,9,13H,8,15H2,1-3H3,(H,16,21). The van der Waals surface area contributed by atoms with Crippen molar-refractivity contribution in [2.75, 3.05) is 11.9 Å². The molecule has 7 heteroatoms. The van der Waals surface area contributed by atoms with Crippen LogP contribution in [0.3, 0.4) is 0 Å². The Morgan fingerprint density at radius 3 is 2.76 bits per heavy atom. The Balaban J connectivity index is 2.19. The Hall–Kier alpha value is -2.28. The number of nitrogens with one attached hydrogen (secondary N) is 1. The predicted octanol–water partition coefficient (Wildman–Crippen LogP) is 1.14. The molecule has 1 heterocycles. The van der Waals surface area contributed by atoms with Crippen molar-refractivity contribution in [2.24, 2.45) is 17.6 Å². The normalized spacial score (nSPS) is 12.4. The van der Waals surface area contributed by atoms with Gasteiger partial charge in [0.1, 0.15) is 0 Å². The largest absolute Gasteiger partial charge is 0.330 e. The number of tetrazole rings is 1. The number of nitrogens with zero attached hydrogens (tertiary/aromatic N) is 4. The minimum absolute atomic E-state index is 0.0712. The van der Waals surface area contributed by atoms with Gasteiger partial charge >= 0.3 is 0 Å². The molecule has 0 spiro atoms. The Bertz CT molecular complexity index is 621. The molecule has 1 unspecified atom stereocenters. The van der Waals surface area contributed by atoms with Crippen LogP contribution in [0.2, 0.25) is 0 Å². The van der Waals surface area contributed by atoms with Gasteiger partial charge in [-0.05, 0) is 41.5 Å². The highest BCUT2D eigenvalue weighted by Crippen LogP contribution is 2.17. The van der Waals surface area contributed by atoms with Gasteiger partial charge in [-0.2, -0.15) is 4.68 Å². The lowest BCUT2D eigenvalue weighted by Crippen LogP contribution is -2.33. The minimum atomic E-state index is -0.205. The Morgan fingerprint density at radius 2 is 2.19 bits per heavy atom. The lowest BCUT2D eigenvalue weighted by atomic mass is 9.95. The van der Waals surface area contributed by atoms with Crippen molar-refractivity contribution in [1.82, 2.24) is 20.2 Å². The van der Waals surface area contributed by atoms with Crippen LogP contribution >= 0.6 is 0 Å². The topological polar surface area (TPSA) is 98.7 Å². The molecule has 0 radical (unpaired) electrons. The zero-order chi connectivity index (χ0) is 15.4. The van der Waals surface area contributed by atoms with Gasteiger partial charge in [-0.25, -0.2) is 0 Å². The Labute approximate surface area is 123 Å². The average molecular weight is 288 g/mol. The summed E-state index contributed by atoms with van der Waals surface area (Å²) < 4.78 is 1.61. The number of carbonyl (C=O) groups is 1. The van der Waals surface area contributed by atoms with Crippen molar-refractivity contribution in [2.45, 2.75) is 20.8 Å². The summed E-state index contributed by atoms with van der Waals surface area (Å²) in [5, 5.41) is 14.3. The first-order valence-corrected chi connectivity index (χ1v) is 6.89. The summed E-state index contributed by atoms with van der Waals surface area (Å²) in [6.07, 6.45) is 0. The maximum atomic E-state index is 12.2. The number of hydrogen-bond donors (Lipinski definition) is 2. The molecule has 0 saturated heterocycles. The molecule has 3 N–H and O–H groups in total. The maximum absolute atomic E-state index is 12.2. The molecule has 0 aliphatic carbocycles. The molecule has 2 aromatic rings. The second-order valence-corrected chi connectivity index (χ2v) is 5.26. The van der Waals surface area contributed by atoms with Crippen LogP contribution in [-0.2, 0) is 4.79 Å². The molecule has 0 aliphatic heterocycles. The summed E-state index contributed by atoms with van der Waals surface area (Å²) >= 11 is 0. The van der Waals surface area contributed by atoms with Gasteiger partial charge in [0, 0.05) is 12.2 Å². The SMILES string of the molecule is Cc1nnnn1-c1cccc(NC(=O)C(CN)C(C)C)c1. The predicted molar refractivity (Wildman–Crippen MR) is 79.9 cm³/mol. The molecule has 1 amide bonds. The molecule has 0 fully saturated rings. The molecule has 1 atom stereocenters. The summed E-state index contributed by atoms with van der Waals surface area (Å²) in [7, 11) is 0. The monoisotopic (exact) mass is 288 g/mol. The minimum Gasteiger partial charge on any atom is -0.330 e. The fourth-order valence-electron chi connectivity index (χ4n) is 2.10. The number of benzene rings is 1. The van der Waals surface area contributed by atoms with E-state index in [4.69, 9.17) is 5.73 Å². The third-order valence-corrected chi connectivity index (χ3v) is 3.38. The third kappa shape index (κ3) is 3.43. The first-order valence-electron chi connectivity index (χ1n) is 6.89. The van der Waals surface area contributed by atoms with Crippen molar-refractivity contribution < 1.29 is 4.79 Å². The van der Waals surface area contributed by atoms with E-state index in [1.54, 1.807) is 4.68 Å². The molecule has 1 aromatic heterocycles. The van der Waals surface area contributed by atoms with E-state index in [1.165, 1.54) is 0 Å².